The highest BCUT2D eigenvalue weighted by Gasteiger charge is 2.24. The van der Waals surface area contributed by atoms with Gasteiger partial charge >= 0.3 is 6.09 Å². The summed E-state index contributed by atoms with van der Waals surface area (Å²) in [5.41, 5.74) is 1.38. The molecule has 0 saturated carbocycles. The van der Waals surface area contributed by atoms with Gasteiger partial charge in [-0.05, 0) is 38.5 Å². The highest BCUT2D eigenvalue weighted by Crippen LogP contribution is 2.30. The van der Waals surface area contributed by atoms with Crippen LogP contribution in [-0.2, 0) is 11.2 Å². The van der Waals surface area contributed by atoms with Gasteiger partial charge in [0.15, 0.2) is 0 Å². The molecule has 0 aliphatic heterocycles. The number of alkyl carbamates (subject to hydrolysis) is 1. The summed E-state index contributed by atoms with van der Waals surface area (Å²) >= 11 is 6.38. The first kappa shape index (κ1) is 22.3. The van der Waals surface area contributed by atoms with E-state index in [0.717, 1.165) is 5.56 Å². The van der Waals surface area contributed by atoms with E-state index in [-0.39, 0.29) is 10.8 Å². The second-order valence-corrected chi connectivity index (χ2v) is 8.36. The number of hydrogen-bond acceptors (Lipinski definition) is 5. The van der Waals surface area contributed by atoms with Crippen LogP contribution in [0.2, 0.25) is 5.15 Å². The van der Waals surface area contributed by atoms with Gasteiger partial charge in [0.1, 0.15) is 22.3 Å². The predicted octanol–water partition coefficient (Wildman–Crippen LogP) is 5.45. The Morgan fingerprint density at radius 1 is 1.19 bits per heavy atom. The number of benzene rings is 2. The molecule has 3 aromatic rings. The summed E-state index contributed by atoms with van der Waals surface area (Å²) in [5.74, 6) is 0.452. The third-order valence-electron chi connectivity index (χ3n) is 4.33. The Bertz CT molecular complexity index is 1060. The standard InChI is InChI=1S/C22H23ClN4O4/c1-22(2,3)31-21(28)24-17(13-14-7-5-4-6-8-14)20-25-18(19(23)26-20)15-9-11-16(12-10-15)27(29)30/h4-12,17H,13H2,1-3H3,(H,24,28)(H,25,26). The summed E-state index contributed by atoms with van der Waals surface area (Å²) < 4.78 is 5.40. The van der Waals surface area contributed by atoms with Gasteiger partial charge in [-0.2, -0.15) is 0 Å². The molecule has 31 heavy (non-hydrogen) atoms. The normalized spacial score (nSPS) is 12.3. The number of hydrogen-bond donors (Lipinski definition) is 2. The number of aromatic amines is 1. The van der Waals surface area contributed by atoms with Crippen molar-refractivity contribution in [1.29, 1.82) is 0 Å². The Morgan fingerprint density at radius 3 is 2.42 bits per heavy atom. The number of non-ortho nitro benzene ring substituents is 1. The molecule has 1 amide bonds. The number of nitrogens with one attached hydrogen (secondary N) is 2. The second kappa shape index (κ2) is 9.18. The Hall–Kier alpha value is -3.39. The third kappa shape index (κ3) is 6.05. The molecular formula is C22H23ClN4O4. The quantitative estimate of drug-likeness (QED) is 0.389. The molecule has 1 unspecified atom stereocenters. The molecule has 0 aliphatic carbocycles. The molecule has 3 rings (SSSR count). The molecule has 1 aromatic heterocycles. The van der Waals surface area contributed by atoms with E-state index in [1.807, 2.05) is 30.3 Å². The Labute approximate surface area is 184 Å². The van der Waals surface area contributed by atoms with Crippen LogP contribution in [0.25, 0.3) is 11.3 Å². The maximum atomic E-state index is 12.4. The van der Waals surface area contributed by atoms with Crippen LogP contribution < -0.4 is 5.32 Å². The molecule has 0 aliphatic rings. The molecule has 0 radical (unpaired) electrons. The third-order valence-corrected chi connectivity index (χ3v) is 4.61. The molecule has 0 fully saturated rings. The average molecular weight is 443 g/mol. The summed E-state index contributed by atoms with van der Waals surface area (Å²) in [4.78, 5) is 30.4. The van der Waals surface area contributed by atoms with Gasteiger partial charge in [0.05, 0.1) is 11.0 Å². The molecule has 0 bridgehead atoms. The van der Waals surface area contributed by atoms with Gasteiger partial charge in [0.2, 0.25) is 0 Å². The summed E-state index contributed by atoms with van der Waals surface area (Å²) in [6.07, 6.45) is -0.110. The minimum absolute atomic E-state index is 0.0239. The van der Waals surface area contributed by atoms with E-state index in [0.29, 0.717) is 23.5 Å². The number of nitrogens with zero attached hydrogens (tertiary/aromatic N) is 2. The number of carbonyl (C=O) groups excluding carboxylic acids is 1. The lowest BCUT2D eigenvalue weighted by molar-refractivity contribution is -0.384. The number of H-pyrrole nitrogens is 1. The van der Waals surface area contributed by atoms with E-state index in [1.54, 1.807) is 32.9 Å². The average Bonchev–Trinajstić information content (AvgIpc) is 3.08. The number of aromatic nitrogens is 2. The molecule has 0 saturated heterocycles. The lowest BCUT2D eigenvalue weighted by Gasteiger charge is -2.23. The monoisotopic (exact) mass is 442 g/mol. The number of nitro groups is 1. The van der Waals surface area contributed by atoms with Crippen molar-refractivity contribution in [3.8, 4) is 11.3 Å². The van der Waals surface area contributed by atoms with E-state index in [1.165, 1.54) is 12.1 Å². The van der Waals surface area contributed by atoms with Crippen molar-refractivity contribution in [2.45, 2.75) is 38.8 Å². The van der Waals surface area contributed by atoms with Gasteiger partial charge in [0.25, 0.3) is 5.69 Å². The first-order chi connectivity index (χ1) is 14.6. The number of halogens is 1. The zero-order chi connectivity index (χ0) is 22.6. The topological polar surface area (TPSA) is 110 Å². The van der Waals surface area contributed by atoms with Gasteiger partial charge < -0.3 is 15.0 Å². The predicted molar refractivity (Wildman–Crippen MR) is 118 cm³/mol. The summed E-state index contributed by atoms with van der Waals surface area (Å²) in [6, 6.07) is 15.1. The number of ether oxygens (including phenoxy) is 1. The van der Waals surface area contributed by atoms with Crippen LogP contribution >= 0.6 is 11.6 Å². The first-order valence-electron chi connectivity index (χ1n) is 9.66. The molecule has 2 N–H and O–H groups in total. The second-order valence-electron chi connectivity index (χ2n) is 7.98. The smallest absolute Gasteiger partial charge is 0.408 e. The fourth-order valence-corrected chi connectivity index (χ4v) is 3.23. The van der Waals surface area contributed by atoms with Crippen molar-refractivity contribution in [2.75, 3.05) is 0 Å². The van der Waals surface area contributed by atoms with Crippen LogP contribution in [0.1, 0.15) is 38.2 Å². The van der Waals surface area contributed by atoms with E-state index < -0.39 is 22.7 Å². The molecule has 1 heterocycles. The molecular weight excluding hydrogens is 420 g/mol. The van der Waals surface area contributed by atoms with E-state index in [4.69, 9.17) is 16.3 Å². The van der Waals surface area contributed by atoms with Crippen molar-refractivity contribution in [3.05, 3.63) is 81.3 Å². The van der Waals surface area contributed by atoms with E-state index in [2.05, 4.69) is 15.3 Å². The zero-order valence-electron chi connectivity index (χ0n) is 17.4. The van der Waals surface area contributed by atoms with Crippen molar-refractivity contribution < 1.29 is 14.5 Å². The maximum Gasteiger partial charge on any atom is 0.408 e. The van der Waals surface area contributed by atoms with E-state index in [9.17, 15) is 14.9 Å². The number of amides is 1. The van der Waals surface area contributed by atoms with Gasteiger partial charge in [-0.25, -0.2) is 9.78 Å². The Kier molecular flexibility index (Phi) is 6.60. The van der Waals surface area contributed by atoms with Gasteiger partial charge in [-0.15, -0.1) is 0 Å². The molecule has 0 spiro atoms. The van der Waals surface area contributed by atoms with Crippen LogP contribution in [0, 0.1) is 10.1 Å². The number of nitro benzene ring substituents is 1. The van der Waals surface area contributed by atoms with Crippen LogP contribution in [0.4, 0.5) is 10.5 Å². The van der Waals surface area contributed by atoms with Crippen LogP contribution in [0.15, 0.2) is 54.6 Å². The Balaban J connectivity index is 1.90. The van der Waals surface area contributed by atoms with Crippen LogP contribution in [-0.4, -0.2) is 26.6 Å². The number of carbonyl (C=O) groups is 1. The van der Waals surface area contributed by atoms with Gasteiger partial charge in [-0.3, -0.25) is 10.1 Å². The van der Waals surface area contributed by atoms with Crippen LogP contribution in [0.3, 0.4) is 0 Å². The van der Waals surface area contributed by atoms with E-state index >= 15 is 0 Å². The molecule has 1 atom stereocenters. The lowest BCUT2D eigenvalue weighted by Crippen LogP contribution is -2.36. The van der Waals surface area contributed by atoms with Crippen molar-refractivity contribution >= 4 is 23.4 Å². The van der Waals surface area contributed by atoms with Crippen molar-refractivity contribution in [2.24, 2.45) is 0 Å². The highest BCUT2D eigenvalue weighted by atomic mass is 35.5. The van der Waals surface area contributed by atoms with Gasteiger partial charge in [0, 0.05) is 24.1 Å². The van der Waals surface area contributed by atoms with Crippen LogP contribution in [0.5, 0.6) is 0 Å². The number of imidazole rings is 1. The number of rotatable bonds is 6. The van der Waals surface area contributed by atoms with Gasteiger partial charge in [-0.1, -0.05) is 41.9 Å². The highest BCUT2D eigenvalue weighted by molar-refractivity contribution is 6.31. The molecule has 9 heteroatoms. The zero-order valence-corrected chi connectivity index (χ0v) is 18.1. The fraction of sp³-hybridized carbons (Fsp3) is 0.273. The SMILES string of the molecule is CC(C)(C)OC(=O)NC(Cc1ccccc1)c1nc(-c2ccc([N+](=O)[O-])cc2)c(Cl)[nH]1. The Morgan fingerprint density at radius 2 is 1.84 bits per heavy atom. The minimum atomic E-state index is -0.647. The summed E-state index contributed by atoms with van der Waals surface area (Å²) in [6.45, 7) is 5.36. The van der Waals surface area contributed by atoms with Crippen molar-refractivity contribution in [1.82, 2.24) is 15.3 Å². The first-order valence-corrected chi connectivity index (χ1v) is 10.0. The maximum absolute atomic E-state index is 12.4. The molecule has 8 nitrogen and oxygen atoms in total. The largest absolute Gasteiger partial charge is 0.444 e. The molecule has 162 valence electrons. The summed E-state index contributed by atoms with van der Waals surface area (Å²) in [7, 11) is 0. The lowest BCUT2D eigenvalue weighted by atomic mass is 10.1. The fourth-order valence-electron chi connectivity index (χ4n) is 2.98. The summed E-state index contributed by atoms with van der Waals surface area (Å²) in [5, 5.41) is 14.0. The van der Waals surface area contributed by atoms with Crippen molar-refractivity contribution in [3.63, 3.8) is 0 Å². The minimum Gasteiger partial charge on any atom is -0.444 e. The molecule has 2 aromatic carbocycles.